The first-order valence-electron chi connectivity index (χ1n) is 4.97. The van der Waals surface area contributed by atoms with Gasteiger partial charge in [0.05, 0.1) is 9.95 Å². The van der Waals surface area contributed by atoms with Crippen molar-refractivity contribution in [1.82, 2.24) is 5.32 Å². The Hall–Kier alpha value is -1.82. The van der Waals surface area contributed by atoms with Gasteiger partial charge in [0.25, 0.3) is 5.91 Å². The zero-order chi connectivity index (χ0) is 12.6. The molecule has 0 saturated heterocycles. The Morgan fingerprint density at radius 2 is 2.18 bits per heavy atom. The summed E-state index contributed by atoms with van der Waals surface area (Å²) in [4.78, 5) is 21.7. The third-order valence-electron chi connectivity index (χ3n) is 2.44. The quantitative estimate of drug-likeness (QED) is 0.637. The van der Waals surface area contributed by atoms with Crippen LogP contribution in [0.25, 0.3) is 0 Å². The fourth-order valence-corrected chi connectivity index (χ4v) is 1.57. The van der Waals surface area contributed by atoms with E-state index in [2.05, 4.69) is 5.32 Å². The van der Waals surface area contributed by atoms with Gasteiger partial charge in [-0.3, -0.25) is 14.9 Å². The summed E-state index contributed by atoms with van der Waals surface area (Å²) in [5.74, 6) is -1.24. The van der Waals surface area contributed by atoms with Crippen LogP contribution in [-0.4, -0.2) is 22.0 Å². The number of aromatic hydroxyl groups is 1. The molecule has 0 spiro atoms. The first kappa shape index (κ1) is 11.7. The first-order chi connectivity index (χ1) is 8.00. The van der Waals surface area contributed by atoms with Crippen molar-refractivity contribution in [2.24, 2.45) is 0 Å². The second-order valence-corrected chi connectivity index (χ2v) is 4.20. The third-order valence-corrected chi connectivity index (χ3v) is 2.75. The molecule has 0 unspecified atom stereocenters. The SMILES string of the molecule is O=C(NC1CC1)c1ccc(Cl)c(O)c1[N+](=O)[O-]. The average molecular weight is 257 g/mol. The predicted octanol–water partition coefficient (Wildman–Crippen LogP) is 1.85. The second-order valence-electron chi connectivity index (χ2n) is 3.80. The third kappa shape index (κ3) is 2.31. The number of halogens is 1. The van der Waals surface area contributed by atoms with E-state index in [1.807, 2.05) is 0 Å². The van der Waals surface area contributed by atoms with E-state index in [-0.39, 0.29) is 16.6 Å². The van der Waals surface area contributed by atoms with E-state index in [9.17, 15) is 20.0 Å². The van der Waals surface area contributed by atoms with Gasteiger partial charge in [-0.05, 0) is 25.0 Å². The molecule has 6 nitrogen and oxygen atoms in total. The highest BCUT2D eigenvalue weighted by molar-refractivity contribution is 6.32. The van der Waals surface area contributed by atoms with Crippen LogP contribution in [-0.2, 0) is 0 Å². The molecule has 0 radical (unpaired) electrons. The smallest absolute Gasteiger partial charge is 0.324 e. The van der Waals surface area contributed by atoms with Gasteiger partial charge in [0.2, 0.25) is 5.75 Å². The van der Waals surface area contributed by atoms with E-state index in [4.69, 9.17) is 11.6 Å². The monoisotopic (exact) mass is 256 g/mol. The van der Waals surface area contributed by atoms with Crippen LogP contribution in [0.4, 0.5) is 5.69 Å². The Morgan fingerprint density at radius 1 is 1.53 bits per heavy atom. The number of carbonyl (C=O) groups is 1. The van der Waals surface area contributed by atoms with Crippen LogP contribution < -0.4 is 5.32 Å². The molecule has 1 fully saturated rings. The Bertz CT molecular complexity index is 499. The predicted molar refractivity (Wildman–Crippen MR) is 60.3 cm³/mol. The van der Waals surface area contributed by atoms with Crippen molar-refractivity contribution in [2.75, 3.05) is 0 Å². The molecule has 1 aliphatic rings. The molecule has 0 aliphatic heterocycles. The summed E-state index contributed by atoms with van der Waals surface area (Å²) in [6, 6.07) is 2.57. The van der Waals surface area contributed by atoms with Crippen LogP contribution in [0.2, 0.25) is 5.02 Å². The molecule has 2 N–H and O–H groups in total. The van der Waals surface area contributed by atoms with Crippen molar-refractivity contribution in [3.8, 4) is 5.75 Å². The second kappa shape index (κ2) is 4.21. The zero-order valence-electron chi connectivity index (χ0n) is 8.64. The number of hydrogen-bond acceptors (Lipinski definition) is 4. The van der Waals surface area contributed by atoms with Crippen LogP contribution in [0, 0.1) is 10.1 Å². The van der Waals surface area contributed by atoms with Crippen molar-refractivity contribution in [3.05, 3.63) is 32.8 Å². The van der Waals surface area contributed by atoms with Crippen LogP contribution in [0.1, 0.15) is 23.2 Å². The van der Waals surface area contributed by atoms with E-state index in [0.717, 1.165) is 12.8 Å². The largest absolute Gasteiger partial charge is 0.501 e. The number of nitrogens with one attached hydrogen (secondary N) is 1. The van der Waals surface area contributed by atoms with Gasteiger partial charge in [0, 0.05) is 6.04 Å². The normalized spacial score (nSPS) is 14.4. The molecule has 17 heavy (non-hydrogen) atoms. The number of phenolic OH excluding ortho intramolecular Hbond substituents is 1. The van der Waals surface area contributed by atoms with Gasteiger partial charge in [0.1, 0.15) is 5.56 Å². The van der Waals surface area contributed by atoms with Gasteiger partial charge in [-0.1, -0.05) is 11.6 Å². The number of hydrogen-bond donors (Lipinski definition) is 2. The molecule has 1 aromatic rings. The molecule has 7 heteroatoms. The van der Waals surface area contributed by atoms with E-state index in [1.165, 1.54) is 12.1 Å². The lowest BCUT2D eigenvalue weighted by molar-refractivity contribution is -0.386. The van der Waals surface area contributed by atoms with Crippen LogP contribution >= 0.6 is 11.6 Å². The van der Waals surface area contributed by atoms with Crippen LogP contribution in [0.5, 0.6) is 5.75 Å². The lowest BCUT2D eigenvalue weighted by atomic mass is 10.1. The molecule has 90 valence electrons. The lowest BCUT2D eigenvalue weighted by Gasteiger charge is -2.06. The zero-order valence-corrected chi connectivity index (χ0v) is 9.40. The van der Waals surface area contributed by atoms with E-state index in [0.29, 0.717) is 0 Å². The van der Waals surface area contributed by atoms with Crippen LogP contribution in [0.15, 0.2) is 12.1 Å². The molecule has 2 rings (SSSR count). The minimum absolute atomic E-state index is 0.0833. The number of carbonyl (C=O) groups excluding carboxylic acids is 1. The molecule has 0 aromatic heterocycles. The number of nitro benzene ring substituents is 1. The summed E-state index contributed by atoms with van der Waals surface area (Å²) in [6.45, 7) is 0. The number of rotatable bonds is 3. The van der Waals surface area contributed by atoms with Crippen molar-refractivity contribution >= 4 is 23.2 Å². The Morgan fingerprint density at radius 3 is 2.71 bits per heavy atom. The molecule has 1 saturated carbocycles. The molecular formula is C10H9ClN2O4. The summed E-state index contributed by atoms with van der Waals surface area (Å²) in [6.07, 6.45) is 1.75. The van der Waals surface area contributed by atoms with Crippen LogP contribution in [0.3, 0.4) is 0 Å². The summed E-state index contributed by atoms with van der Waals surface area (Å²) in [5.41, 5.74) is -0.834. The number of benzene rings is 1. The highest BCUT2D eigenvalue weighted by Crippen LogP contribution is 2.36. The van der Waals surface area contributed by atoms with Gasteiger partial charge in [-0.25, -0.2) is 0 Å². The Labute approximate surface area is 101 Å². The molecule has 0 heterocycles. The van der Waals surface area contributed by atoms with Crippen molar-refractivity contribution in [1.29, 1.82) is 0 Å². The fraction of sp³-hybridized carbons (Fsp3) is 0.300. The molecule has 0 atom stereocenters. The van der Waals surface area contributed by atoms with E-state index < -0.39 is 22.3 Å². The van der Waals surface area contributed by atoms with Gasteiger partial charge < -0.3 is 10.4 Å². The molecular weight excluding hydrogens is 248 g/mol. The minimum Gasteiger partial charge on any atom is -0.501 e. The minimum atomic E-state index is -0.816. The summed E-state index contributed by atoms with van der Waals surface area (Å²) >= 11 is 5.57. The van der Waals surface area contributed by atoms with Gasteiger partial charge >= 0.3 is 5.69 Å². The fourth-order valence-electron chi connectivity index (χ4n) is 1.41. The maximum Gasteiger partial charge on any atom is 0.324 e. The molecule has 1 amide bonds. The Balaban J connectivity index is 2.41. The van der Waals surface area contributed by atoms with Crippen molar-refractivity contribution in [3.63, 3.8) is 0 Å². The highest BCUT2D eigenvalue weighted by Gasteiger charge is 2.30. The van der Waals surface area contributed by atoms with E-state index >= 15 is 0 Å². The summed E-state index contributed by atoms with van der Waals surface area (Å²) in [5, 5.41) is 22.8. The lowest BCUT2D eigenvalue weighted by Crippen LogP contribution is -2.26. The molecule has 1 aromatic carbocycles. The average Bonchev–Trinajstić information content (AvgIpc) is 3.04. The Kier molecular flexibility index (Phi) is 2.89. The number of nitro groups is 1. The maximum absolute atomic E-state index is 11.7. The number of amides is 1. The maximum atomic E-state index is 11.7. The summed E-state index contributed by atoms with van der Waals surface area (Å²) in [7, 11) is 0. The topological polar surface area (TPSA) is 92.5 Å². The van der Waals surface area contributed by atoms with Gasteiger partial charge in [-0.15, -0.1) is 0 Å². The van der Waals surface area contributed by atoms with Crippen molar-refractivity contribution in [2.45, 2.75) is 18.9 Å². The molecule has 1 aliphatic carbocycles. The molecule has 0 bridgehead atoms. The number of nitrogens with zero attached hydrogens (tertiary/aromatic N) is 1. The standard InChI is InChI=1S/C10H9ClN2O4/c11-7-4-3-6(8(9(7)14)13(16)17)10(15)12-5-1-2-5/h3-5,14H,1-2H2,(H,12,15). The first-order valence-corrected chi connectivity index (χ1v) is 5.35. The summed E-state index contributed by atoms with van der Waals surface area (Å²) < 4.78 is 0. The van der Waals surface area contributed by atoms with Gasteiger partial charge in [0.15, 0.2) is 0 Å². The van der Waals surface area contributed by atoms with Gasteiger partial charge in [-0.2, -0.15) is 0 Å². The number of phenols is 1. The van der Waals surface area contributed by atoms with E-state index in [1.54, 1.807) is 0 Å². The highest BCUT2D eigenvalue weighted by atomic mass is 35.5. The van der Waals surface area contributed by atoms with Crippen molar-refractivity contribution < 1.29 is 14.8 Å².